The molecule has 1 aromatic heterocycles. The molecular weight excluding hydrogens is 216 g/mol. The Morgan fingerprint density at radius 1 is 1.80 bits per heavy atom. The van der Waals surface area contributed by atoms with Gasteiger partial charge in [0.25, 0.3) is 0 Å². The molecule has 0 aliphatic carbocycles. The van der Waals surface area contributed by atoms with Crippen molar-refractivity contribution in [1.82, 2.24) is 14.9 Å². The second-order valence-corrected chi connectivity index (χ2v) is 4.46. The number of nitrogen functional groups attached to an aromatic ring is 1. The van der Waals surface area contributed by atoms with Gasteiger partial charge in [0.1, 0.15) is 5.82 Å². The quantitative estimate of drug-likeness (QED) is 0.600. The van der Waals surface area contributed by atoms with Crippen molar-refractivity contribution in [1.29, 1.82) is 0 Å². The lowest BCUT2D eigenvalue weighted by Gasteiger charge is -2.13. The Balaban J connectivity index is 2.20. The molecule has 2 atom stereocenters. The number of nitrogens with two attached hydrogens (primary N) is 1. The van der Waals surface area contributed by atoms with Crippen molar-refractivity contribution in [2.75, 3.05) is 18.1 Å². The number of anilines is 1. The zero-order chi connectivity index (χ0) is 10.8. The summed E-state index contributed by atoms with van der Waals surface area (Å²) in [4.78, 5) is 15.1. The van der Waals surface area contributed by atoms with Gasteiger partial charge >= 0.3 is 5.69 Å². The van der Waals surface area contributed by atoms with Gasteiger partial charge in [0.15, 0.2) is 0 Å². The van der Waals surface area contributed by atoms with E-state index in [4.69, 9.17) is 10.8 Å². The smallest absolute Gasteiger partial charge is 0.350 e. The highest BCUT2D eigenvalue weighted by Gasteiger charge is 2.25. The van der Waals surface area contributed by atoms with Crippen LogP contribution >= 0.6 is 11.8 Å². The van der Waals surface area contributed by atoms with Crippen LogP contribution in [-0.4, -0.2) is 32.4 Å². The summed E-state index contributed by atoms with van der Waals surface area (Å²) < 4.78 is 1.49. The second-order valence-electron chi connectivity index (χ2n) is 3.23. The first-order valence-corrected chi connectivity index (χ1v) is 5.59. The van der Waals surface area contributed by atoms with Crippen LogP contribution in [-0.2, 0) is 0 Å². The molecule has 1 aromatic rings. The predicted octanol–water partition coefficient (Wildman–Crippen LogP) is -1.02. The van der Waals surface area contributed by atoms with Crippen molar-refractivity contribution in [2.45, 2.75) is 11.5 Å². The minimum absolute atomic E-state index is 0.0144. The molecule has 15 heavy (non-hydrogen) atoms. The number of nitrogens with zero attached hydrogens (tertiary/aromatic N) is 2. The van der Waals surface area contributed by atoms with E-state index in [1.807, 2.05) is 0 Å². The van der Waals surface area contributed by atoms with Crippen LogP contribution in [0.1, 0.15) is 6.17 Å². The van der Waals surface area contributed by atoms with Crippen LogP contribution < -0.4 is 16.7 Å². The SMILES string of the molecule is Nc1ccn([C@H]2CS[C@@H](CO)N2)c(=O)n1. The van der Waals surface area contributed by atoms with Gasteiger partial charge in [0.05, 0.1) is 18.1 Å². The molecule has 6 nitrogen and oxygen atoms in total. The minimum Gasteiger partial charge on any atom is -0.394 e. The van der Waals surface area contributed by atoms with Crippen LogP contribution in [0.4, 0.5) is 5.82 Å². The fourth-order valence-electron chi connectivity index (χ4n) is 1.45. The standard InChI is InChI=1S/C8H12N4O2S/c9-5-1-2-12(8(14)10-5)6-4-15-7(3-13)11-6/h1-2,6-7,11,13H,3-4H2,(H2,9,10,14)/t6-,7-/m0/s1. The molecule has 4 N–H and O–H groups in total. The van der Waals surface area contributed by atoms with Crippen molar-refractivity contribution in [3.8, 4) is 0 Å². The highest BCUT2D eigenvalue weighted by molar-refractivity contribution is 8.00. The topological polar surface area (TPSA) is 93.2 Å². The lowest BCUT2D eigenvalue weighted by atomic mass is 10.5. The summed E-state index contributed by atoms with van der Waals surface area (Å²) in [5, 5.41) is 12.0. The highest BCUT2D eigenvalue weighted by atomic mass is 32.2. The molecular formula is C8H12N4O2S. The highest BCUT2D eigenvalue weighted by Crippen LogP contribution is 2.23. The fraction of sp³-hybridized carbons (Fsp3) is 0.500. The molecule has 0 amide bonds. The van der Waals surface area contributed by atoms with E-state index in [2.05, 4.69) is 10.3 Å². The maximum Gasteiger partial charge on any atom is 0.350 e. The van der Waals surface area contributed by atoms with Gasteiger partial charge in [0.2, 0.25) is 0 Å². The molecule has 82 valence electrons. The summed E-state index contributed by atoms with van der Waals surface area (Å²) in [6.45, 7) is 0.0539. The van der Waals surface area contributed by atoms with Gasteiger partial charge in [-0.15, -0.1) is 11.8 Å². The van der Waals surface area contributed by atoms with Crippen molar-refractivity contribution in [2.24, 2.45) is 0 Å². The van der Waals surface area contributed by atoms with Gasteiger partial charge in [-0.1, -0.05) is 0 Å². The number of aromatic nitrogens is 2. The molecule has 0 radical (unpaired) electrons. The van der Waals surface area contributed by atoms with Gasteiger partial charge in [-0.2, -0.15) is 4.98 Å². The molecule has 2 rings (SSSR count). The third-order valence-electron chi connectivity index (χ3n) is 2.19. The molecule has 0 unspecified atom stereocenters. The first-order valence-electron chi connectivity index (χ1n) is 4.54. The zero-order valence-corrected chi connectivity index (χ0v) is 8.78. The van der Waals surface area contributed by atoms with E-state index in [0.29, 0.717) is 0 Å². The van der Waals surface area contributed by atoms with E-state index in [9.17, 15) is 4.79 Å². The Hall–Kier alpha value is -1.05. The number of aliphatic hydroxyl groups is 1. The summed E-state index contributed by atoms with van der Waals surface area (Å²) >= 11 is 1.58. The number of hydrogen-bond donors (Lipinski definition) is 3. The lowest BCUT2D eigenvalue weighted by molar-refractivity contribution is 0.269. The summed E-state index contributed by atoms with van der Waals surface area (Å²) in [6.07, 6.45) is 1.50. The number of aliphatic hydroxyl groups excluding tert-OH is 1. The Bertz CT molecular complexity index is 408. The maximum absolute atomic E-state index is 11.5. The number of hydrogen-bond acceptors (Lipinski definition) is 6. The second kappa shape index (κ2) is 4.21. The number of thioether (sulfide) groups is 1. The normalized spacial score (nSPS) is 25.7. The average Bonchev–Trinajstić information content (AvgIpc) is 2.66. The van der Waals surface area contributed by atoms with Gasteiger partial charge in [-0.3, -0.25) is 9.88 Å². The number of nitrogens with one attached hydrogen (secondary N) is 1. The molecule has 0 bridgehead atoms. The van der Waals surface area contributed by atoms with Crippen LogP contribution in [0, 0.1) is 0 Å². The van der Waals surface area contributed by atoms with E-state index in [1.54, 1.807) is 24.0 Å². The van der Waals surface area contributed by atoms with Crippen molar-refractivity contribution in [3.63, 3.8) is 0 Å². The Morgan fingerprint density at radius 3 is 3.20 bits per heavy atom. The van der Waals surface area contributed by atoms with E-state index >= 15 is 0 Å². The molecule has 2 heterocycles. The third-order valence-corrected chi connectivity index (χ3v) is 3.38. The van der Waals surface area contributed by atoms with Crippen molar-refractivity contribution >= 4 is 17.6 Å². The van der Waals surface area contributed by atoms with Crippen LogP contribution in [0.5, 0.6) is 0 Å². The summed E-state index contributed by atoms with van der Waals surface area (Å²) in [5.41, 5.74) is 5.02. The van der Waals surface area contributed by atoms with Gasteiger partial charge in [-0.05, 0) is 6.07 Å². The van der Waals surface area contributed by atoms with Crippen LogP contribution in [0.2, 0.25) is 0 Å². The average molecular weight is 228 g/mol. The monoisotopic (exact) mass is 228 g/mol. The molecule has 0 spiro atoms. The molecule has 1 aliphatic heterocycles. The van der Waals surface area contributed by atoms with E-state index in [0.717, 1.165) is 5.75 Å². The van der Waals surface area contributed by atoms with E-state index in [-0.39, 0.29) is 29.7 Å². The van der Waals surface area contributed by atoms with Gasteiger partial charge in [0, 0.05) is 11.9 Å². The molecule has 0 aromatic carbocycles. The summed E-state index contributed by atoms with van der Waals surface area (Å²) in [5.74, 6) is 0.956. The first-order chi connectivity index (χ1) is 7.20. The van der Waals surface area contributed by atoms with Crippen molar-refractivity contribution in [3.05, 3.63) is 22.7 Å². The Kier molecular flexibility index (Phi) is 2.94. The Morgan fingerprint density at radius 2 is 2.60 bits per heavy atom. The molecule has 0 saturated carbocycles. The third kappa shape index (κ3) is 2.14. The van der Waals surface area contributed by atoms with Crippen LogP contribution in [0.25, 0.3) is 0 Å². The fourth-order valence-corrected chi connectivity index (χ4v) is 2.48. The first kappa shape index (κ1) is 10.5. The van der Waals surface area contributed by atoms with Gasteiger partial charge < -0.3 is 10.8 Å². The molecule has 1 saturated heterocycles. The zero-order valence-electron chi connectivity index (χ0n) is 7.96. The summed E-state index contributed by atoms with van der Waals surface area (Å²) in [6, 6.07) is 1.58. The lowest BCUT2D eigenvalue weighted by Crippen LogP contribution is -2.36. The predicted molar refractivity (Wildman–Crippen MR) is 58.4 cm³/mol. The largest absolute Gasteiger partial charge is 0.394 e. The summed E-state index contributed by atoms with van der Waals surface area (Å²) in [7, 11) is 0. The van der Waals surface area contributed by atoms with Crippen molar-refractivity contribution < 1.29 is 5.11 Å². The molecule has 1 fully saturated rings. The van der Waals surface area contributed by atoms with Gasteiger partial charge in [-0.25, -0.2) is 4.79 Å². The van der Waals surface area contributed by atoms with Crippen LogP contribution in [0.15, 0.2) is 17.1 Å². The van der Waals surface area contributed by atoms with E-state index in [1.165, 1.54) is 4.57 Å². The Labute approximate surface area is 90.5 Å². The molecule has 7 heteroatoms. The minimum atomic E-state index is -0.369. The number of rotatable bonds is 2. The molecule has 1 aliphatic rings. The van der Waals surface area contributed by atoms with E-state index < -0.39 is 0 Å². The maximum atomic E-state index is 11.5. The van der Waals surface area contributed by atoms with Crippen LogP contribution in [0.3, 0.4) is 0 Å².